The van der Waals surface area contributed by atoms with Gasteiger partial charge in [-0.2, -0.15) is 0 Å². The van der Waals surface area contributed by atoms with E-state index >= 15 is 0 Å². The Morgan fingerprint density at radius 1 is 1.36 bits per heavy atom. The second kappa shape index (κ2) is 7.64. The van der Waals surface area contributed by atoms with Crippen molar-refractivity contribution in [2.24, 2.45) is 0 Å². The largest absolute Gasteiger partial charge is 0.327 e. The van der Waals surface area contributed by atoms with Crippen LogP contribution in [0.25, 0.3) is 0 Å². The number of benzene rings is 1. The van der Waals surface area contributed by atoms with E-state index in [1.807, 2.05) is 0 Å². The molecule has 2 heterocycles. The molecule has 1 aliphatic rings. The second-order valence-corrected chi connectivity index (χ2v) is 9.14. The first-order chi connectivity index (χ1) is 13.2. The maximum absolute atomic E-state index is 12.9. The third-order valence-electron chi connectivity index (χ3n) is 4.26. The average molecular weight is 424 g/mol. The van der Waals surface area contributed by atoms with Crippen LogP contribution in [-0.2, 0) is 14.6 Å². The zero-order chi connectivity index (χ0) is 20.5. The molecule has 1 saturated heterocycles. The summed E-state index contributed by atoms with van der Waals surface area (Å²) in [6, 6.07) is 2.25. The maximum atomic E-state index is 12.9. The van der Waals surface area contributed by atoms with Gasteiger partial charge in [0, 0.05) is 42.1 Å². The molecule has 12 heteroatoms. The van der Waals surface area contributed by atoms with E-state index in [4.69, 9.17) is 0 Å². The summed E-state index contributed by atoms with van der Waals surface area (Å²) < 4.78 is 23.7. The molecule has 0 aliphatic carbocycles. The highest BCUT2D eigenvalue weighted by atomic mass is 32.2. The van der Waals surface area contributed by atoms with Gasteiger partial charge in [-0.05, 0) is 18.9 Å². The third kappa shape index (κ3) is 4.17. The van der Waals surface area contributed by atoms with E-state index in [1.165, 1.54) is 22.4 Å². The Balaban J connectivity index is 1.90. The Morgan fingerprint density at radius 2 is 2.11 bits per heavy atom. The molecule has 1 aromatic heterocycles. The number of nitro benzene ring substituents is 1. The van der Waals surface area contributed by atoms with Crippen LogP contribution in [0.1, 0.15) is 23.2 Å². The minimum absolute atomic E-state index is 0.149. The quantitative estimate of drug-likeness (QED) is 0.569. The molecule has 2 aromatic rings. The van der Waals surface area contributed by atoms with Crippen LogP contribution in [0, 0.1) is 10.1 Å². The predicted octanol–water partition coefficient (Wildman–Crippen LogP) is 1.70. The number of carbonyl (C=O) groups excluding carboxylic acids is 2. The van der Waals surface area contributed by atoms with Gasteiger partial charge in [0.05, 0.1) is 9.82 Å². The highest BCUT2D eigenvalue weighted by Gasteiger charge is 2.35. The molecule has 2 amide bonds. The Bertz CT molecular complexity index is 1040. The van der Waals surface area contributed by atoms with Crippen molar-refractivity contribution in [1.82, 2.24) is 9.88 Å². The van der Waals surface area contributed by atoms with Crippen molar-refractivity contribution in [2.45, 2.75) is 23.8 Å². The van der Waals surface area contributed by atoms with Crippen molar-refractivity contribution >= 4 is 43.8 Å². The highest BCUT2D eigenvalue weighted by molar-refractivity contribution is 7.90. The summed E-state index contributed by atoms with van der Waals surface area (Å²) in [6.45, 7) is 0.283. The van der Waals surface area contributed by atoms with Crippen LogP contribution in [-0.4, -0.2) is 53.9 Å². The van der Waals surface area contributed by atoms with E-state index in [9.17, 15) is 28.1 Å². The van der Waals surface area contributed by atoms with Gasteiger partial charge in [0.2, 0.25) is 5.91 Å². The standard InChI is InChI=1S/C16H16N4O6S2/c1-28(25,26)12-8-10(7-11(9-12)20(23)24)15(22)19-5-2-3-13(19)14(21)18-16-17-4-6-27-16/h4,6-9,13H,2-3,5H2,1H3,(H,17,18,21). The number of sulfone groups is 1. The van der Waals surface area contributed by atoms with Gasteiger partial charge in [-0.1, -0.05) is 0 Å². The Labute approximate surface area is 164 Å². The zero-order valence-corrected chi connectivity index (χ0v) is 16.3. The molecule has 1 N–H and O–H groups in total. The normalized spacial score (nSPS) is 16.8. The lowest BCUT2D eigenvalue weighted by Crippen LogP contribution is -2.43. The molecule has 1 aliphatic heterocycles. The van der Waals surface area contributed by atoms with Crippen LogP contribution in [0.4, 0.5) is 10.8 Å². The molecule has 0 bridgehead atoms. The first-order valence-corrected chi connectivity index (χ1v) is 10.9. The molecule has 0 spiro atoms. The van der Waals surface area contributed by atoms with E-state index in [2.05, 4.69) is 10.3 Å². The monoisotopic (exact) mass is 424 g/mol. The van der Waals surface area contributed by atoms with Gasteiger partial charge < -0.3 is 10.2 Å². The van der Waals surface area contributed by atoms with E-state index in [0.717, 1.165) is 24.5 Å². The van der Waals surface area contributed by atoms with Crippen molar-refractivity contribution in [3.63, 3.8) is 0 Å². The molecule has 0 radical (unpaired) electrons. The number of anilines is 1. The van der Waals surface area contributed by atoms with Gasteiger partial charge >= 0.3 is 0 Å². The van der Waals surface area contributed by atoms with Crippen LogP contribution in [0.15, 0.2) is 34.7 Å². The van der Waals surface area contributed by atoms with E-state index in [1.54, 1.807) is 5.38 Å². The number of non-ortho nitro benzene ring substituents is 1. The number of hydrogen-bond donors (Lipinski definition) is 1. The first kappa shape index (κ1) is 19.9. The maximum Gasteiger partial charge on any atom is 0.271 e. The fraction of sp³-hybridized carbons (Fsp3) is 0.312. The average Bonchev–Trinajstić information content (AvgIpc) is 3.31. The molecule has 10 nitrogen and oxygen atoms in total. The molecule has 1 aromatic carbocycles. The lowest BCUT2D eigenvalue weighted by atomic mass is 10.1. The molecular formula is C16H16N4O6S2. The van der Waals surface area contributed by atoms with Gasteiger partial charge in [0.15, 0.2) is 15.0 Å². The number of carbonyl (C=O) groups is 2. The smallest absolute Gasteiger partial charge is 0.271 e. The number of rotatable bonds is 5. The number of aromatic nitrogens is 1. The van der Waals surface area contributed by atoms with Crippen LogP contribution in [0.3, 0.4) is 0 Å². The third-order valence-corrected chi connectivity index (χ3v) is 6.04. The van der Waals surface area contributed by atoms with Gasteiger partial charge in [0.25, 0.3) is 11.6 Å². The Hall–Kier alpha value is -2.86. The summed E-state index contributed by atoms with van der Waals surface area (Å²) in [6.07, 6.45) is 3.44. The summed E-state index contributed by atoms with van der Waals surface area (Å²) in [7, 11) is -3.76. The van der Waals surface area contributed by atoms with Crippen LogP contribution >= 0.6 is 11.3 Å². The molecule has 3 rings (SSSR count). The number of thiazole rings is 1. The summed E-state index contributed by atoms with van der Waals surface area (Å²) in [5, 5.41) is 15.9. The van der Waals surface area contributed by atoms with Crippen molar-refractivity contribution in [1.29, 1.82) is 0 Å². The van der Waals surface area contributed by atoms with Crippen molar-refractivity contribution in [3.05, 3.63) is 45.5 Å². The fourth-order valence-electron chi connectivity index (χ4n) is 2.95. The molecule has 1 fully saturated rings. The first-order valence-electron chi connectivity index (χ1n) is 8.17. The predicted molar refractivity (Wildman–Crippen MR) is 101 cm³/mol. The van der Waals surface area contributed by atoms with Gasteiger partial charge in [0.1, 0.15) is 6.04 Å². The van der Waals surface area contributed by atoms with Crippen LogP contribution in [0.2, 0.25) is 0 Å². The topological polar surface area (TPSA) is 140 Å². The van der Waals surface area contributed by atoms with E-state index in [-0.39, 0.29) is 17.0 Å². The lowest BCUT2D eigenvalue weighted by molar-refractivity contribution is -0.385. The number of likely N-dealkylation sites (tertiary alicyclic amines) is 1. The van der Waals surface area contributed by atoms with Crippen molar-refractivity contribution in [2.75, 3.05) is 18.1 Å². The number of nitrogens with one attached hydrogen (secondary N) is 1. The zero-order valence-electron chi connectivity index (χ0n) is 14.7. The summed E-state index contributed by atoms with van der Waals surface area (Å²) in [5.41, 5.74) is -0.655. The van der Waals surface area contributed by atoms with Gasteiger partial charge in [-0.3, -0.25) is 19.7 Å². The highest BCUT2D eigenvalue weighted by Crippen LogP contribution is 2.26. The SMILES string of the molecule is CS(=O)(=O)c1cc(C(=O)N2CCCC2C(=O)Nc2nccs2)cc([N+](=O)[O-])c1. The Morgan fingerprint density at radius 3 is 2.71 bits per heavy atom. The van der Waals surface area contributed by atoms with Gasteiger partial charge in [-0.15, -0.1) is 11.3 Å². The number of hydrogen-bond acceptors (Lipinski definition) is 8. The van der Waals surface area contributed by atoms with E-state index < -0.39 is 38.3 Å². The number of nitro groups is 1. The fourth-order valence-corrected chi connectivity index (χ4v) is 4.16. The van der Waals surface area contributed by atoms with Crippen molar-refractivity contribution < 1.29 is 22.9 Å². The van der Waals surface area contributed by atoms with Gasteiger partial charge in [-0.25, -0.2) is 13.4 Å². The lowest BCUT2D eigenvalue weighted by Gasteiger charge is -2.23. The molecule has 1 atom stereocenters. The minimum atomic E-state index is -3.76. The second-order valence-electron chi connectivity index (χ2n) is 6.23. The molecule has 1 unspecified atom stereocenters. The summed E-state index contributed by atoms with van der Waals surface area (Å²) in [5.74, 6) is -1.04. The molecule has 148 valence electrons. The van der Waals surface area contributed by atoms with Crippen LogP contribution < -0.4 is 5.32 Å². The van der Waals surface area contributed by atoms with E-state index in [0.29, 0.717) is 18.0 Å². The Kier molecular flexibility index (Phi) is 5.42. The molecular weight excluding hydrogens is 408 g/mol. The summed E-state index contributed by atoms with van der Waals surface area (Å²) in [4.78, 5) is 40.8. The van der Waals surface area contributed by atoms with Crippen molar-refractivity contribution in [3.8, 4) is 0 Å². The van der Waals surface area contributed by atoms with Crippen LogP contribution in [0.5, 0.6) is 0 Å². The minimum Gasteiger partial charge on any atom is -0.327 e. The molecule has 0 saturated carbocycles. The molecule has 28 heavy (non-hydrogen) atoms. The summed E-state index contributed by atoms with van der Waals surface area (Å²) >= 11 is 1.24. The number of nitrogens with zero attached hydrogens (tertiary/aromatic N) is 3. The number of amides is 2.